The van der Waals surface area contributed by atoms with Crippen molar-refractivity contribution in [2.45, 2.75) is 58.7 Å². The summed E-state index contributed by atoms with van der Waals surface area (Å²) in [6.45, 7) is 7.21. The van der Waals surface area contributed by atoms with Gasteiger partial charge in [0.25, 0.3) is 0 Å². The first-order chi connectivity index (χ1) is 9.06. The van der Waals surface area contributed by atoms with Gasteiger partial charge in [0.2, 0.25) is 0 Å². The molecular formula is C14H24FNO4. The second kappa shape index (κ2) is 5.97. The minimum atomic E-state index is -1.29. The van der Waals surface area contributed by atoms with Gasteiger partial charge in [0.1, 0.15) is 11.8 Å². The summed E-state index contributed by atoms with van der Waals surface area (Å²) in [4.78, 5) is 24.4. The molecule has 0 spiro atoms. The number of ether oxygens (including phenoxy) is 1. The van der Waals surface area contributed by atoms with Crippen molar-refractivity contribution in [3.63, 3.8) is 0 Å². The molecule has 0 radical (unpaired) electrons. The number of carboxylic acid groups (broad SMARTS) is 1. The van der Waals surface area contributed by atoms with Gasteiger partial charge in [0, 0.05) is 18.5 Å². The van der Waals surface area contributed by atoms with Crippen molar-refractivity contribution < 1.29 is 23.8 Å². The summed E-state index contributed by atoms with van der Waals surface area (Å²) in [5, 5.41) is 8.99. The number of carboxylic acids is 1. The minimum absolute atomic E-state index is 0.0892. The van der Waals surface area contributed by atoms with Gasteiger partial charge in [-0.25, -0.2) is 9.18 Å². The molecule has 0 aromatic carbocycles. The van der Waals surface area contributed by atoms with Gasteiger partial charge >= 0.3 is 12.1 Å². The van der Waals surface area contributed by atoms with E-state index in [-0.39, 0.29) is 13.0 Å². The molecule has 2 unspecified atom stereocenters. The monoisotopic (exact) mass is 289 g/mol. The summed E-state index contributed by atoms with van der Waals surface area (Å²) < 4.78 is 19.2. The molecule has 6 heteroatoms. The number of nitrogens with zero attached hydrogens (tertiary/aromatic N) is 1. The molecule has 0 aromatic heterocycles. The minimum Gasteiger partial charge on any atom is -0.481 e. The van der Waals surface area contributed by atoms with Crippen LogP contribution in [0.1, 0.15) is 47.0 Å². The number of hydrogen-bond acceptors (Lipinski definition) is 3. The maximum Gasteiger partial charge on any atom is 0.410 e. The maximum absolute atomic E-state index is 13.9. The van der Waals surface area contributed by atoms with Crippen LogP contribution in [0.5, 0.6) is 0 Å². The normalized spacial score (nSPS) is 25.1. The third kappa shape index (κ3) is 4.35. The van der Waals surface area contributed by atoms with Crippen molar-refractivity contribution in [1.29, 1.82) is 0 Å². The highest BCUT2D eigenvalue weighted by Crippen LogP contribution is 2.39. The molecule has 0 aromatic rings. The number of halogens is 1. The largest absolute Gasteiger partial charge is 0.481 e. The van der Waals surface area contributed by atoms with Crippen LogP contribution in [0.25, 0.3) is 0 Å². The zero-order chi connectivity index (χ0) is 15.6. The van der Waals surface area contributed by atoms with Crippen LogP contribution in [0.15, 0.2) is 0 Å². The average Bonchev–Trinajstić information content (AvgIpc) is 2.25. The predicted molar refractivity (Wildman–Crippen MR) is 72.3 cm³/mol. The Morgan fingerprint density at radius 1 is 1.45 bits per heavy atom. The molecule has 1 fully saturated rings. The third-order valence-corrected chi connectivity index (χ3v) is 3.61. The number of carbonyl (C=O) groups is 2. The number of rotatable bonds is 3. The quantitative estimate of drug-likeness (QED) is 0.867. The summed E-state index contributed by atoms with van der Waals surface area (Å²) in [6.07, 6.45) is -1.02. The number of piperidine rings is 1. The second-order valence-electron chi connectivity index (χ2n) is 6.55. The molecule has 1 aliphatic rings. The first-order valence-electron chi connectivity index (χ1n) is 6.89. The lowest BCUT2D eigenvalue weighted by atomic mass is 9.74. The van der Waals surface area contributed by atoms with Crippen molar-refractivity contribution in [3.8, 4) is 0 Å². The van der Waals surface area contributed by atoms with E-state index >= 15 is 0 Å². The van der Waals surface area contributed by atoms with Crippen LogP contribution in [-0.2, 0) is 9.53 Å². The fraction of sp³-hybridized carbons (Fsp3) is 0.857. The van der Waals surface area contributed by atoms with E-state index in [4.69, 9.17) is 9.84 Å². The average molecular weight is 289 g/mol. The number of likely N-dealkylation sites (tertiary alicyclic amines) is 1. The van der Waals surface area contributed by atoms with Crippen LogP contribution >= 0.6 is 0 Å². The Morgan fingerprint density at radius 2 is 2.05 bits per heavy atom. The molecule has 2 atom stereocenters. The lowest BCUT2D eigenvalue weighted by Gasteiger charge is -2.43. The Kier molecular flexibility index (Phi) is 5.00. The van der Waals surface area contributed by atoms with E-state index in [0.717, 1.165) is 0 Å². The third-order valence-electron chi connectivity index (χ3n) is 3.61. The molecule has 20 heavy (non-hydrogen) atoms. The molecule has 0 saturated carbocycles. The topological polar surface area (TPSA) is 66.8 Å². The summed E-state index contributed by atoms with van der Waals surface area (Å²) in [6, 6.07) is 0. The fourth-order valence-corrected chi connectivity index (χ4v) is 2.55. The molecule has 0 aliphatic carbocycles. The van der Waals surface area contributed by atoms with E-state index in [1.807, 2.05) is 0 Å². The van der Waals surface area contributed by atoms with Gasteiger partial charge in [-0.2, -0.15) is 0 Å². The van der Waals surface area contributed by atoms with Crippen molar-refractivity contribution in [2.24, 2.45) is 5.41 Å². The Balaban J connectivity index is 2.82. The fourth-order valence-electron chi connectivity index (χ4n) is 2.55. The Hall–Kier alpha value is -1.33. The molecule has 1 saturated heterocycles. The highest BCUT2D eigenvalue weighted by Gasteiger charge is 2.44. The van der Waals surface area contributed by atoms with Crippen molar-refractivity contribution in [2.75, 3.05) is 13.1 Å². The van der Waals surface area contributed by atoms with Crippen molar-refractivity contribution in [3.05, 3.63) is 0 Å². The van der Waals surface area contributed by atoms with Crippen LogP contribution in [-0.4, -0.2) is 46.9 Å². The maximum atomic E-state index is 13.9. The predicted octanol–water partition coefficient (Wildman–Crippen LogP) is 2.84. The van der Waals surface area contributed by atoms with Gasteiger partial charge in [0.05, 0.1) is 6.42 Å². The van der Waals surface area contributed by atoms with E-state index in [1.54, 1.807) is 20.8 Å². The summed E-state index contributed by atoms with van der Waals surface area (Å²) in [5.74, 6) is -1.04. The lowest BCUT2D eigenvalue weighted by molar-refractivity contribution is -0.142. The van der Waals surface area contributed by atoms with E-state index < -0.39 is 29.3 Å². The smallest absolute Gasteiger partial charge is 0.410 e. The highest BCUT2D eigenvalue weighted by molar-refractivity contribution is 5.70. The molecule has 116 valence electrons. The molecule has 1 heterocycles. The van der Waals surface area contributed by atoms with E-state index in [0.29, 0.717) is 19.4 Å². The molecule has 0 bridgehead atoms. The van der Waals surface area contributed by atoms with Gasteiger partial charge in [-0.15, -0.1) is 0 Å². The van der Waals surface area contributed by atoms with Crippen LogP contribution < -0.4 is 0 Å². The van der Waals surface area contributed by atoms with E-state index in [1.165, 1.54) is 11.8 Å². The van der Waals surface area contributed by atoms with Crippen molar-refractivity contribution >= 4 is 12.1 Å². The standard InChI is InChI=1S/C14H24FNO4/c1-10(15)14(8-11(17)18)6-5-7-16(9-14)12(19)20-13(2,3)4/h10H,5-9H2,1-4H3,(H,17,18). The zero-order valence-electron chi connectivity index (χ0n) is 12.6. The van der Waals surface area contributed by atoms with Gasteiger partial charge in [-0.3, -0.25) is 4.79 Å². The molecule has 1 rings (SSSR count). The zero-order valence-corrected chi connectivity index (χ0v) is 12.6. The number of aliphatic carboxylic acids is 1. The van der Waals surface area contributed by atoms with Gasteiger partial charge in [-0.05, 0) is 40.5 Å². The van der Waals surface area contributed by atoms with Crippen molar-refractivity contribution in [1.82, 2.24) is 4.90 Å². The molecule has 1 amide bonds. The number of amides is 1. The van der Waals surface area contributed by atoms with Crippen LogP contribution in [0, 0.1) is 5.41 Å². The number of hydrogen-bond donors (Lipinski definition) is 1. The van der Waals surface area contributed by atoms with Gasteiger partial charge < -0.3 is 14.7 Å². The molecule has 5 nitrogen and oxygen atoms in total. The Bertz CT molecular complexity index is 378. The molecule has 1 aliphatic heterocycles. The van der Waals surface area contributed by atoms with Crippen LogP contribution in [0.2, 0.25) is 0 Å². The number of alkyl halides is 1. The van der Waals surface area contributed by atoms with Crippen LogP contribution in [0.4, 0.5) is 9.18 Å². The Morgan fingerprint density at radius 3 is 2.50 bits per heavy atom. The first-order valence-corrected chi connectivity index (χ1v) is 6.89. The lowest BCUT2D eigenvalue weighted by Crippen LogP contribution is -2.51. The Labute approximate surface area is 119 Å². The van der Waals surface area contributed by atoms with Gasteiger partial charge in [-0.1, -0.05) is 0 Å². The molecular weight excluding hydrogens is 265 g/mol. The summed E-state index contributed by atoms with van der Waals surface area (Å²) >= 11 is 0. The van der Waals surface area contributed by atoms with E-state index in [2.05, 4.69) is 0 Å². The number of carbonyl (C=O) groups excluding carboxylic acids is 1. The highest BCUT2D eigenvalue weighted by atomic mass is 19.1. The second-order valence-corrected chi connectivity index (χ2v) is 6.55. The summed E-state index contributed by atoms with van der Waals surface area (Å²) in [5.41, 5.74) is -1.63. The van der Waals surface area contributed by atoms with Crippen LogP contribution in [0.3, 0.4) is 0 Å². The van der Waals surface area contributed by atoms with E-state index in [9.17, 15) is 14.0 Å². The summed E-state index contributed by atoms with van der Waals surface area (Å²) in [7, 11) is 0. The SMILES string of the molecule is CC(F)C1(CC(=O)O)CCCN(C(=O)OC(C)(C)C)C1. The van der Waals surface area contributed by atoms with Gasteiger partial charge in [0.15, 0.2) is 0 Å². The first kappa shape index (κ1) is 16.7. The molecule has 1 N–H and O–H groups in total.